The lowest BCUT2D eigenvalue weighted by molar-refractivity contribution is -0.129. The number of nitrogens with zero attached hydrogens (tertiary/aromatic N) is 7. The summed E-state index contributed by atoms with van der Waals surface area (Å²) in [6, 6.07) is 13.0. The molecule has 3 saturated heterocycles. The average Bonchev–Trinajstić information content (AvgIpc) is 3.81. The largest absolute Gasteiger partial charge is 0.481 e. The van der Waals surface area contributed by atoms with Crippen LogP contribution in [0.5, 0.6) is 5.88 Å². The second kappa shape index (κ2) is 16.9. The van der Waals surface area contributed by atoms with Crippen LogP contribution < -0.4 is 15.4 Å². The van der Waals surface area contributed by atoms with Gasteiger partial charge in [0, 0.05) is 113 Å². The Labute approximate surface area is 337 Å². The molecule has 296 valence electrons. The number of ether oxygens (including phenoxy) is 1. The monoisotopic (exact) mass is 803 g/mol. The maximum Gasteiger partial charge on any atom is 0.319 e. The predicted octanol–water partition coefficient (Wildman–Crippen LogP) is 7.08. The number of hydrogen-bond donors (Lipinski definition) is 2. The van der Waals surface area contributed by atoms with Crippen LogP contribution in [0.1, 0.15) is 43.7 Å². The number of rotatable bonds is 10. The molecule has 3 aliphatic rings. The predicted molar refractivity (Wildman–Crippen MR) is 217 cm³/mol. The molecule has 0 unspecified atom stereocenters. The molecule has 0 aliphatic carbocycles. The topological polar surface area (TPSA) is 119 Å². The Balaban J connectivity index is 1.04. The molecule has 3 aliphatic heterocycles. The lowest BCUT2D eigenvalue weighted by Crippen LogP contribution is -2.44. The van der Waals surface area contributed by atoms with Crippen molar-refractivity contribution in [3.63, 3.8) is 0 Å². The van der Waals surface area contributed by atoms with Gasteiger partial charge in [-0.3, -0.25) is 14.7 Å². The van der Waals surface area contributed by atoms with Crippen LogP contribution in [-0.4, -0.2) is 113 Å². The van der Waals surface area contributed by atoms with E-state index in [1.807, 2.05) is 28.0 Å². The minimum Gasteiger partial charge on any atom is -0.481 e. The Morgan fingerprint density at radius 1 is 0.929 bits per heavy atom. The van der Waals surface area contributed by atoms with Crippen LogP contribution in [0, 0.1) is 11.2 Å². The van der Waals surface area contributed by atoms with E-state index in [0.717, 1.165) is 57.4 Å². The van der Waals surface area contributed by atoms with E-state index < -0.39 is 5.82 Å². The summed E-state index contributed by atoms with van der Waals surface area (Å²) in [6.45, 7) is 7.40. The van der Waals surface area contributed by atoms with Gasteiger partial charge in [0.15, 0.2) is 11.6 Å². The number of piperidine rings is 1. The maximum atomic E-state index is 15.7. The van der Waals surface area contributed by atoms with Gasteiger partial charge < -0.3 is 30.1 Å². The van der Waals surface area contributed by atoms with Crippen LogP contribution in [0.4, 0.5) is 20.7 Å². The normalized spacial score (nSPS) is 18.8. The van der Waals surface area contributed by atoms with E-state index >= 15 is 4.39 Å². The minimum atomic E-state index is -0.477. The van der Waals surface area contributed by atoms with Gasteiger partial charge in [0.25, 0.3) is 0 Å². The summed E-state index contributed by atoms with van der Waals surface area (Å²) in [5.74, 6) is 0.169. The number of anilines is 2. The third-order valence-corrected chi connectivity index (χ3v) is 12.1. The lowest BCUT2D eigenvalue weighted by Gasteiger charge is -2.31. The van der Waals surface area contributed by atoms with Gasteiger partial charge in [0.2, 0.25) is 11.8 Å². The van der Waals surface area contributed by atoms with E-state index in [4.69, 9.17) is 32.9 Å². The van der Waals surface area contributed by atoms with E-state index in [0.29, 0.717) is 75.9 Å². The standard InChI is InChI=1S/C41H48Cl2FN9O3/c1-26(54)52-18-12-29(13-19-52)47-22-27-10-16-46-38(36(27)44)48-33-7-5-6-31(34(33)42)37-35(43)30(11-17-45-37)32-9-8-28(39(49-32)56-4)23-51-20-14-41(24-51)15-21-53(25-41)40(55)50(2)3/h5-11,16-17,29,47H,12-15,18-25H2,1-4H3,(H,46,48)/t41-/m1/s1. The van der Waals surface area contributed by atoms with Gasteiger partial charge in [-0.2, -0.15) is 0 Å². The molecule has 3 fully saturated rings. The zero-order chi connectivity index (χ0) is 39.6. The molecule has 4 aromatic rings. The van der Waals surface area contributed by atoms with Crippen LogP contribution in [0.3, 0.4) is 0 Å². The van der Waals surface area contributed by atoms with Crippen LogP contribution in [0.2, 0.25) is 10.0 Å². The van der Waals surface area contributed by atoms with Gasteiger partial charge in [-0.15, -0.1) is 0 Å². The van der Waals surface area contributed by atoms with Crippen molar-refractivity contribution in [1.29, 1.82) is 0 Å². The molecule has 15 heteroatoms. The Hall–Kier alpha value is -4.56. The molecule has 6 heterocycles. The Morgan fingerprint density at radius 2 is 1.70 bits per heavy atom. The van der Waals surface area contributed by atoms with Crippen LogP contribution in [0.15, 0.2) is 54.9 Å². The summed E-state index contributed by atoms with van der Waals surface area (Å²) in [7, 11) is 5.22. The summed E-state index contributed by atoms with van der Waals surface area (Å²) in [5, 5.41) is 7.18. The van der Waals surface area contributed by atoms with E-state index in [1.54, 1.807) is 69.7 Å². The molecule has 3 aromatic heterocycles. The summed E-state index contributed by atoms with van der Waals surface area (Å²) >= 11 is 14.0. The SMILES string of the molecule is COc1nc(-c2ccnc(-c3cccc(Nc4nccc(CNC5CCN(C(C)=O)CC5)c4F)c3Cl)c2Cl)ccc1CN1CC[C@@]2(CCN(C(=O)N(C)C)C2)C1. The molecule has 1 aromatic carbocycles. The molecule has 12 nitrogen and oxygen atoms in total. The van der Waals surface area contributed by atoms with E-state index in [-0.39, 0.29) is 29.2 Å². The van der Waals surface area contributed by atoms with Crippen molar-refractivity contribution in [1.82, 2.24) is 39.9 Å². The van der Waals surface area contributed by atoms with Crippen molar-refractivity contribution in [3.8, 4) is 28.4 Å². The number of hydrogen-bond acceptors (Lipinski definition) is 9. The first-order valence-electron chi connectivity index (χ1n) is 19.0. The molecule has 1 atom stereocenters. The Morgan fingerprint density at radius 3 is 2.45 bits per heavy atom. The van der Waals surface area contributed by atoms with Gasteiger partial charge in [-0.25, -0.2) is 19.2 Å². The number of pyridine rings is 3. The van der Waals surface area contributed by atoms with Gasteiger partial charge >= 0.3 is 6.03 Å². The number of aromatic nitrogens is 3. The fraction of sp³-hybridized carbons (Fsp3) is 0.439. The van der Waals surface area contributed by atoms with E-state index in [2.05, 4.69) is 25.5 Å². The molecular weight excluding hydrogens is 756 g/mol. The highest BCUT2D eigenvalue weighted by Crippen LogP contribution is 2.43. The summed E-state index contributed by atoms with van der Waals surface area (Å²) in [6.07, 6.45) is 6.90. The van der Waals surface area contributed by atoms with E-state index in [9.17, 15) is 9.59 Å². The first-order chi connectivity index (χ1) is 26.9. The highest BCUT2D eigenvalue weighted by atomic mass is 35.5. The first kappa shape index (κ1) is 39.7. The molecular formula is C41H48Cl2FN9O3. The Kier molecular flexibility index (Phi) is 12.0. The average molecular weight is 805 g/mol. The number of amides is 3. The number of nitrogens with one attached hydrogen (secondary N) is 2. The smallest absolute Gasteiger partial charge is 0.319 e. The molecule has 0 radical (unpaired) electrons. The van der Waals surface area contributed by atoms with E-state index in [1.165, 1.54) is 0 Å². The second-order valence-corrected chi connectivity index (χ2v) is 16.0. The highest BCUT2D eigenvalue weighted by molar-refractivity contribution is 6.39. The van der Waals surface area contributed by atoms with Crippen LogP contribution in [0.25, 0.3) is 22.5 Å². The third-order valence-electron chi connectivity index (χ3n) is 11.3. The number of benzene rings is 1. The minimum absolute atomic E-state index is 0.0488. The first-order valence-corrected chi connectivity index (χ1v) is 19.8. The Bertz CT molecular complexity index is 2100. The molecule has 56 heavy (non-hydrogen) atoms. The van der Waals surface area contributed by atoms with Crippen molar-refractivity contribution in [2.24, 2.45) is 5.41 Å². The number of halogens is 3. The molecule has 3 amide bonds. The second-order valence-electron chi connectivity index (χ2n) is 15.3. The number of urea groups is 1. The fourth-order valence-corrected chi connectivity index (χ4v) is 8.74. The van der Waals surface area contributed by atoms with Crippen molar-refractivity contribution >= 4 is 46.6 Å². The third kappa shape index (κ3) is 8.41. The quantitative estimate of drug-likeness (QED) is 0.173. The zero-order valence-corrected chi connectivity index (χ0v) is 33.8. The van der Waals surface area contributed by atoms with Gasteiger partial charge in [-0.1, -0.05) is 41.4 Å². The van der Waals surface area contributed by atoms with Gasteiger partial charge in [0.1, 0.15) is 0 Å². The summed E-state index contributed by atoms with van der Waals surface area (Å²) in [4.78, 5) is 45.9. The molecule has 7 rings (SSSR count). The fourth-order valence-electron chi connectivity index (χ4n) is 8.16. The van der Waals surface area contributed by atoms with Crippen molar-refractivity contribution in [3.05, 3.63) is 81.8 Å². The maximum absolute atomic E-state index is 15.7. The van der Waals surface area contributed by atoms with Crippen molar-refractivity contribution in [2.45, 2.75) is 51.7 Å². The number of likely N-dealkylation sites (tertiary alicyclic amines) is 3. The summed E-state index contributed by atoms with van der Waals surface area (Å²) < 4.78 is 21.5. The van der Waals surface area contributed by atoms with Crippen molar-refractivity contribution in [2.75, 3.05) is 65.8 Å². The zero-order valence-electron chi connectivity index (χ0n) is 32.2. The highest BCUT2D eigenvalue weighted by Gasteiger charge is 2.45. The number of carbonyl (C=O) groups excluding carboxylic acids is 2. The van der Waals surface area contributed by atoms with Crippen LogP contribution in [-0.2, 0) is 17.9 Å². The summed E-state index contributed by atoms with van der Waals surface area (Å²) in [5.41, 5.74) is 4.29. The van der Waals surface area contributed by atoms with Gasteiger partial charge in [-0.05, 0) is 56.5 Å². The molecule has 0 bridgehead atoms. The van der Waals surface area contributed by atoms with Gasteiger partial charge in [0.05, 0.1) is 34.2 Å². The lowest BCUT2D eigenvalue weighted by atomic mass is 9.86. The molecule has 1 spiro atoms. The number of methoxy groups -OCH3 is 1. The van der Waals surface area contributed by atoms with Crippen LogP contribution >= 0.6 is 23.2 Å². The molecule has 0 saturated carbocycles. The number of carbonyl (C=O) groups is 2. The van der Waals surface area contributed by atoms with Crippen molar-refractivity contribution < 1.29 is 18.7 Å². The molecule has 2 N–H and O–H groups in total.